The number of imide groups is 1. The van der Waals surface area contributed by atoms with Gasteiger partial charge >= 0.3 is 0 Å². The second kappa shape index (κ2) is 9.64. The van der Waals surface area contributed by atoms with Crippen LogP contribution in [0.4, 0.5) is 11.4 Å². The third kappa shape index (κ3) is 4.72. The molecule has 1 atom stereocenters. The Labute approximate surface area is 196 Å². The fraction of sp³-hybridized carbons (Fsp3) is 0.292. The highest BCUT2D eigenvalue weighted by atomic mass is 35.5. The Hall–Kier alpha value is -3.36. The summed E-state index contributed by atoms with van der Waals surface area (Å²) in [7, 11) is 1.46. The number of amides is 3. The number of anilines is 2. The number of nitrogens with zero attached hydrogens (tertiary/aromatic N) is 1. The summed E-state index contributed by atoms with van der Waals surface area (Å²) >= 11 is 6.23. The van der Waals surface area contributed by atoms with Crippen molar-refractivity contribution < 1.29 is 23.9 Å². The Balaban J connectivity index is 1.46. The molecule has 0 aliphatic carbocycles. The lowest BCUT2D eigenvalue weighted by atomic mass is 10.1. The molecule has 2 heterocycles. The third-order valence-corrected chi connectivity index (χ3v) is 5.88. The molecule has 0 bridgehead atoms. The first-order chi connectivity index (χ1) is 15.9. The Morgan fingerprint density at radius 1 is 1.18 bits per heavy atom. The van der Waals surface area contributed by atoms with Crippen LogP contribution in [0.3, 0.4) is 0 Å². The largest absolute Gasteiger partial charge is 0.495 e. The predicted octanol–water partition coefficient (Wildman–Crippen LogP) is 3.35. The molecule has 2 N–H and O–H groups in total. The van der Waals surface area contributed by atoms with Crippen LogP contribution in [-0.2, 0) is 14.3 Å². The molecule has 2 aromatic rings. The van der Waals surface area contributed by atoms with Gasteiger partial charge in [0.1, 0.15) is 16.5 Å². The van der Waals surface area contributed by atoms with Gasteiger partial charge in [0.05, 0.1) is 18.9 Å². The number of methoxy groups -OCH3 is 1. The molecule has 2 aliphatic heterocycles. The maximum Gasteiger partial charge on any atom is 0.283 e. The van der Waals surface area contributed by atoms with Crippen LogP contribution in [-0.4, -0.2) is 44.1 Å². The lowest BCUT2D eigenvalue weighted by Crippen LogP contribution is -2.32. The molecule has 1 saturated heterocycles. The molecule has 4 rings (SSSR count). The van der Waals surface area contributed by atoms with Crippen molar-refractivity contribution in [1.82, 2.24) is 5.32 Å². The van der Waals surface area contributed by atoms with E-state index in [1.807, 2.05) is 13.0 Å². The first-order valence-electron chi connectivity index (χ1n) is 10.6. The van der Waals surface area contributed by atoms with Crippen molar-refractivity contribution in [3.05, 3.63) is 64.3 Å². The van der Waals surface area contributed by atoms with Crippen LogP contribution in [0.15, 0.2) is 53.2 Å². The van der Waals surface area contributed by atoms with Crippen LogP contribution in [0.2, 0.25) is 0 Å². The van der Waals surface area contributed by atoms with Gasteiger partial charge in [0, 0.05) is 24.4 Å². The molecular weight excluding hydrogens is 446 g/mol. The number of halogens is 1. The summed E-state index contributed by atoms with van der Waals surface area (Å²) in [5.41, 5.74) is 2.12. The average Bonchev–Trinajstić information content (AvgIpc) is 3.41. The van der Waals surface area contributed by atoms with Gasteiger partial charge in [-0.25, -0.2) is 4.90 Å². The minimum Gasteiger partial charge on any atom is -0.495 e. The van der Waals surface area contributed by atoms with E-state index in [9.17, 15) is 14.4 Å². The Kier molecular flexibility index (Phi) is 6.67. The quantitative estimate of drug-likeness (QED) is 0.604. The SMILES string of the molecule is COc1ccc(C)cc1N1C(=O)C(Cl)=C(Nc2ccc(C(=O)NCC3CCCO3)cc2)C1=O. The van der Waals surface area contributed by atoms with Gasteiger partial charge in [-0.05, 0) is 61.7 Å². The zero-order chi connectivity index (χ0) is 23.5. The molecule has 0 spiro atoms. The van der Waals surface area contributed by atoms with Gasteiger partial charge < -0.3 is 20.1 Å². The summed E-state index contributed by atoms with van der Waals surface area (Å²) in [4.78, 5) is 39.2. The summed E-state index contributed by atoms with van der Waals surface area (Å²) < 4.78 is 10.8. The van der Waals surface area contributed by atoms with E-state index >= 15 is 0 Å². The van der Waals surface area contributed by atoms with E-state index in [0.29, 0.717) is 29.2 Å². The lowest BCUT2D eigenvalue weighted by molar-refractivity contribution is -0.120. The normalized spacial score (nSPS) is 18.2. The van der Waals surface area contributed by atoms with Crippen LogP contribution in [0.5, 0.6) is 5.75 Å². The van der Waals surface area contributed by atoms with E-state index in [1.165, 1.54) is 7.11 Å². The Bertz CT molecular complexity index is 1120. The molecule has 0 aromatic heterocycles. The van der Waals surface area contributed by atoms with Crippen molar-refractivity contribution in [2.24, 2.45) is 0 Å². The molecule has 0 radical (unpaired) electrons. The highest BCUT2D eigenvalue weighted by Gasteiger charge is 2.40. The number of nitrogens with one attached hydrogen (secondary N) is 2. The van der Waals surface area contributed by atoms with E-state index in [2.05, 4.69) is 10.6 Å². The van der Waals surface area contributed by atoms with E-state index in [4.69, 9.17) is 21.1 Å². The molecule has 2 aromatic carbocycles. The number of aryl methyl sites for hydroxylation is 1. The van der Waals surface area contributed by atoms with Crippen molar-refractivity contribution in [1.29, 1.82) is 0 Å². The smallest absolute Gasteiger partial charge is 0.283 e. The molecule has 3 amide bonds. The summed E-state index contributed by atoms with van der Waals surface area (Å²) in [6, 6.07) is 11.7. The van der Waals surface area contributed by atoms with Crippen molar-refractivity contribution >= 4 is 40.7 Å². The fourth-order valence-electron chi connectivity index (χ4n) is 3.77. The summed E-state index contributed by atoms with van der Waals surface area (Å²) in [5.74, 6) is -1.06. The number of hydrogen-bond donors (Lipinski definition) is 2. The highest BCUT2D eigenvalue weighted by Crippen LogP contribution is 2.36. The van der Waals surface area contributed by atoms with Gasteiger partial charge in [-0.1, -0.05) is 17.7 Å². The van der Waals surface area contributed by atoms with Crippen molar-refractivity contribution in [3.8, 4) is 5.75 Å². The molecule has 2 aliphatic rings. The fourth-order valence-corrected chi connectivity index (χ4v) is 3.98. The molecule has 9 heteroatoms. The van der Waals surface area contributed by atoms with Gasteiger partial charge in [0.2, 0.25) is 0 Å². The summed E-state index contributed by atoms with van der Waals surface area (Å²) in [6.07, 6.45) is 2.01. The Morgan fingerprint density at radius 2 is 1.94 bits per heavy atom. The first-order valence-corrected chi connectivity index (χ1v) is 11.0. The van der Waals surface area contributed by atoms with E-state index in [0.717, 1.165) is 29.9 Å². The topological polar surface area (TPSA) is 97.0 Å². The number of carbonyl (C=O) groups is 3. The zero-order valence-corrected chi connectivity index (χ0v) is 19.1. The average molecular weight is 470 g/mol. The maximum absolute atomic E-state index is 13.1. The van der Waals surface area contributed by atoms with Gasteiger partial charge in [0.15, 0.2) is 0 Å². The van der Waals surface area contributed by atoms with E-state index in [1.54, 1.807) is 36.4 Å². The summed E-state index contributed by atoms with van der Waals surface area (Å²) in [6.45, 7) is 3.05. The second-order valence-corrected chi connectivity index (χ2v) is 8.24. The summed E-state index contributed by atoms with van der Waals surface area (Å²) in [5, 5.41) is 5.55. The number of hydrogen-bond acceptors (Lipinski definition) is 6. The standard InChI is InChI=1S/C24H24ClN3O5/c1-14-5-10-19(32-2)18(12-14)28-23(30)20(25)21(24(28)31)27-16-8-6-15(7-9-16)22(29)26-13-17-4-3-11-33-17/h5-10,12,17,27H,3-4,11,13H2,1-2H3,(H,26,29). The molecule has 33 heavy (non-hydrogen) atoms. The van der Waals surface area contributed by atoms with Gasteiger partial charge in [-0.2, -0.15) is 0 Å². The monoisotopic (exact) mass is 469 g/mol. The number of carbonyl (C=O) groups excluding carboxylic acids is 3. The van der Waals surface area contributed by atoms with Crippen LogP contribution < -0.4 is 20.3 Å². The lowest BCUT2D eigenvalue weighted by Gasteiger charge is -2.18. The van der Waals surface area contributed by atoms with Crippen LogP contribution in [0.25, 0.3) is 0 Å². The van der Waals surface area contributed by atoms with Crippen molar-refractivity contribution in [2.75, 3.05) is 30.5 Å². The van der Waals surface area contributed by atoms with Crippen molar-refractivity contribution in [2.45, 2.75) is 25.9 Å². The number of rotatable bonds is 7. The van der Waals surface area contributed by atoms with Crippen LogP contribution in [0, 0.1) is 6.92 Å². The van der Waals surface area contributed by atoms with Gasteiger partial charge in [0.25, 0.3) is 17.7 Å². The molecular formula is C24H24ClN3O5. The van der Waals surface area contributed by atoms with Gasteiger partial charge in [-0.15, -0.1) is 0 Å². The third-order valence-electron chi connectivity index (χ3n) is 5.53. The minimum absolute atomic E-state index is 0.0409. The molecule has 8 nitrogen and oxygen atoms in total. The van der Waals surface area contributed by atoms with E-state index < -0.39 is 11.8 Å². The van der Waals surface area contributed by atoms with Crippen LogP contribution in [0.1, 0.15) is 28.8 Å². The number of ether oxygens (including phenoxy) is 2. The second-order valence-electron chi connectivity index (χ2n) is 7.86. The minimum atomic E-state index is -0.641. The maximum atomic E-state index is 13.1. The van der Waals surface area contributed by atoms with Crippen molar-refractivity contribution in [3.63, 3.8) is 0 Å². The Morgan fingerprint density at radius 3 is 2.61 bits per heavy atom. The van der Waals surface area contributed by atoms with Crippen LogP contribution >= 0.6 is 11.6 Å². The predicted molar refractivity (Wildman–Crippen MR) is 124 cm³/mol. The molecule has 172 valence electrons. The number of benzene rings is 2. The molecule has 0 saturated carbocycles. The first kappa shape index (κ1) is 22.8. The molecule has 1 unspecified atom stereocenters. The zero-order valence-electron chi connectivity index (χ0n) is 18.3. The molecule has 1 fully saturated rings. The van der Waals surface area contributed by atoms with E-state index in [-0.39, 0.29) is 22.7 Å². The van der Waals surface area contributed by atoms with Gasteiger partial charge in [-0.3, -0.25) is 14.4 Å². The highest BCUT2D eigenvalue weighted by molar-refractivity contribution is 6.53.